The van der Waals surface area contributed by atoms with E-state index in [0.29, 0.717) is 19.3 Å². The van der Waals surface area contributed by atoms with Crippen LogP contribution in [0.2, 0.25) is 0 Å². The maximum atomic E-state index is 12.9. The van der Waals surface area contributed by atoms with Crippen molar-refractivity contribution in [3.8, 4) is 0 Å². The fraction of sp³-hybridized carbons (Fsp3) is 0.790. The van der Waals surface area contributed by atoms with Crippen molar-refractivity contribution >= 4 is 17.9 Å². The van der Waals surface area contributed by atoms with Gasteiger partial charge >= 0.3 is 17.9 Å². The fourth-order valence-electron chi connectivity index (χ4n) is 8.35. The summed E-state index contributed by atoms with van der Waals surface area (Å²) in [6.07, 6.45) is 70.7. The van der Waals surface area contributed by atoms with Crippen LogP contribution in [0.15, 0.2) is 60.8 Å². The summed E-state index contributed by atoms with van der Waals surface area (Å²) < 4.78 is 16.9. The highest BCUT2D eigenvalue weighted by molar-refractivity contribution is 5.71. The largest absolute Gasteiger partial charge is 0.462 e. The van der Waals surface area contributed by atoms with Gasteiger partial charge in [-0.25, -0.2) is 0 Å². The Morgan fingerprint density at radius 1 is 0.324 bits per heavy atom. The molecule has 0 N–H and O–H groups in total. The molecule has 0 spiro atoms. The van der Waals surface area contributed by atoms with Gasteiger partial charge in [-0.2, -0.15) is 0 Å². The minimum atomic E-state index is -0.788. The topological polar surface area (TPSA) is 78.9 Å². The normalized spacial score (nSPS) is 12.5. The van der Waals surface area contributed by atoms with Crippen molar-refractivity contribution in [3.05, 3.63) is 60.8 Å². The van der Waals surface area contributed by atoms with E-state index < -0.39 is 6.10 Å². The molecule has 0 aromatic rings. The van der Waals surface area contributed by atoms with E-state index in [1.54, 1.807) is 0 Å². The zero-order valence-electron chi connectivity index (χ0n) is 45.1. The van der Waals surface area contributed by atoms with Crippen LogP contribution in [0.5, 0.6) is 0 Å². The van der Waals surface area contributed by atoms with Gasteiger partial charge in [0.1, 0.15) is 13.2 Å². The van der Waals surface area contributed by atoms with E-state index >= 15 is 0 Å². The molecule has 0 aliphatic heterocycles. The second-order valence-electron chi connectivity index (χ2n) is 19.5. The maximum Gasteiger partial charge on any atom is 0.306 e. The van der Waals surface area contributed by atoms with Gasteiger partial charge in [0.05, 0.1) is 0 Å². The SMILES string of the molecule is CC/C=C\C/C=C\CCCCCCCCCC(=O)OCC(COC(=O)CCCCCCC/C=C\C=C/CCCCCCCCC)OC(=O)CCCCCCC/C=C\CCCCCCCCCCC. The molecule has 0 amide bonds. The van der Waals surface area contributed by atoms with Crippen LogP contribution < -0.4 is 0 Å². The van der Waals surface area contributed by atoms with Crippen molar-refractivity contribution in [2.45, 2.75) is 303 Å². The second kappa shape index (κ2) is 56.7. The zero-order chi connectivity index (χ0) is 49.3. The number of carbonyl (C=O) groups excluding carboxylic acids is 3. The lowest BCUT2D eigenvalue weighted by Gasteiger charge is -2.18. The van der Waals surface area contributed by atoms with E-state index in [-0.39, 0.29) is 31.1 Å². The lowest BCUT2D eigenvalue weighted by Crippen LogP contribution is -2.30. The molecule has 0 saturated heterocycles. The van der Waals surface area contributed by atoms with Crippen LogP contribution in [-0.2, 0) is 28.6 Å². The smallest absolute Gasteiger partial charge is 0.306 e. The monoisotopic (exact) mass is 951 g/mol. The lowest BCUT2D eigenvalue weighted by molar-refractivity contribution is -0.167. The highest BCUT2D eigenvalue weighted by Gasteiger charge is 2.19. The Balaban J connectivity index is 4.40. The van der Waals surface area contributed by atoms with Crippen molar-refractivity contribution in [1.29, 1.82) is 0 Å². The first kappa shape index (κ1) is 65.1. The third-order valence-electron chi connectivity index (χ3n) is 12.8. The Kier molecular flexibility index (Phi) is 54.3. The van der Waals surface area contributed by atoms with Crippen LogP contribution in [0.1, 0.15) is 297 Å². The van der Waals surface area contributed by atoms with E-state index in [1.165, 1.54) is 148 Å². The average molecular weight is 952 g/mol. The third kappa shape index (κ3) is 54.1. The molecule has 0 aliphatic carbocycles. The molecule has 394 valence electrons. The first-order valence-electron chi connectivity index (χ1n) is 29.3. The van der Waals surface area contributed by atoms with Crippen LogP contribution in [0.25, 0.3) is 0 Å². The lowest BCUT2D eigenvalue weighted by atomic mass is 10.1. The van der Waals surface area contributed by atoms with Crippen LogP contribution >= 0.6 is 0 Å². The molecule has 0 fully saturated rings. The summed E-state index contributed by atoms with van der Waals surface area (Å²) in [5.74, 6) is -0.906. The van der Waals surface area contributed by atoms with Crippen molar-refractivity contribution in [1.82, 2.24) is 0 Å². The molecule has 0 heterocycles. The Labute approximate surface area is 421 Å². The Bertz CT molecular complexity index is 1230. The molecule has 0 rings (SSSR count). The number of hydrogen-bond acceptors (Lipinski definition) is 6. The van der Waals surface area contributed by atoms with Crippen molar-refractivity contribution in [2.24, 2.45) is 0 Å². The molecular formula is C62H110O6. The maximum absolute atomic E-state index is 12.9. The van der Waals surface area contributed by atoms with Gasteiger partial charge in [0.2, 0.25) is 0 Å². The third-order valence-corrected chi connectivity index (χ3v) is 12.8. The summed E-state index contributed by atoms with van der Waals surface area (Å²) in [5.41, 5.74) is 0. The number of rotatable bonds is 53. The number of hydrogen-bond donors (Lipinski definition) is 0. The van der Waals surface area contributed by atoms with Gasteiger partial charge < -0.3 is 14.2 Å². The van der Waals surface area contributed by atoms with Gasteiger partial charge in [-0.1, -0.05) is 242 Å². The molecule has 0 aliphatic rings. The number of carbonyl (C=O) groups is 3. The average Bonchev–Trinajstić information content (AvgIpc) is 3.34. The predicted molar refractivity (Wildman–Crippen MR) is 293 cm³/mol. The van der Waals surface area contributed by atoms with Crippen molar-refractivity contribution in [2.75, 3.05) is 13.2 Å². The fourth-order valence-corrected chi connectivity index (χ4v) is 8.35. The summed E-state index contributed by atoms with van der Waals surface area (Å²) in [6.45, 7) is 6.53. The van der Waals surface area contributed by atoms with Gasteiger partial charge in [-0.05, 0) is 96.3 Å². The zero-order valence-corrected chi connectivity index (χ0v) is 45.1. The molecule has 1 atom stereocenters. The summed E-state index contributed by atoms with van der Waals surface area (Å²) >= 11 is 0. The molecule has 6 nitrogen and oxygen atoms in total. The molecule has 1 unspecified atom stereocenters. The molecule has 0 radical (unpaired) electrons. The van der Waals surface area contributed by atoms with Crippen molar-refractivity contribution in [3.63, 3.8) is 0 Å². The quantitative estimate of drug-likeness (QED) is 0.0199. The first-order chi connectivity index (χ1) is 33.5. The van der Waals surface area contributed by atoms with Crippen LogP contribution in [0.4, 0.5) is 0 Å². The number of ether oxygens (including phenoxy) is 3. The Morgan fingerprint density at radius 2 is 0.618 bits per heavy atom. The molecule has 0 aromatic carbocycles. The number of allylic oxidation sites excluding steroid dienone is 10. The number of esters is 3. The van der Waals surface area contributed by atoms with E-state index in [4.69, 9.17) is 14.2 Å². The minimum Gasteiger partial charge on any atom is -0.462 e. The van der Waals surface area contributed by atoms with E-state index in [9.17, 15) is 14.4 Å². The second-order valence-corrected chi connectivity index (χ2v) is 19.5. The summed E-state index contributed by atoms with van der Waals surface area (Å²) in [4.78, 5) is 38.2. The van der Waals surface area contributed by atoms with Gasteiger partial charge in [-0.15, -0.1) is 0 Å². The Morgan fingerprint density at radius 3 is 0.985 bits per heavy atom. The summed E-state index contributed by atoms with van der Waals surface area (Å²) in [7, 11) is 0. The summed E-state index contributed by atoms with van der Waals surface area (Å²) in [5, 5.41) is 0. The molecular weight excluding hydrogens is 841 g/mol. The van der Waals surface area contributed by atoms with Crippen LogP contribution in [0, 0.1) is 0 Å². The first-order valence-corrected chi connectivity index (χ1v) is 29.3. The highest BCUT2D eigenvalue weighted by atomic mass is 16.6. The minimum absolute atomic E-state index is 0.0860. The van der Waals surface area contributed by atoms with Crippen LogP contribution in [0.3, 0.4) is 0 Å². The van der Waals surface area contributed by atoms with E-state index in [2.05, 4.69) is 81.5 Å². The van der Waals surface area contributed by atoms with Gasteiger partial charge in [-0.3, -0.25) is 14.4 Å². The molecule has 0 saturated carbocycles. The Hall–Kier alpha value is -2.89. The number of unbranched alkanes of at least 4 members (excludes halogenated alkanes) is 33. The van der Waals surface area contributed by atoms with Crippen molar-refractivity contribution < 1.29 is 28.6 Å². The van der Waals surface area contributed by atoms with Gasteiger partial charge in [0, 0.05) is 19.3 Å². The molecule has 6 heteroatoms. The van der Waals surface area contributed by atoms with E-state index in [1.807, 2.05) is 0 Å². The van der Waals surface area contributed by atoms with Gasteiger partial charge in [0.25, 0.3) is 0 Å². The van der Waals surface area contributed by atoms with Crippen LogP contribution in [-0.4, -0.2) is 37.2 Å². The predicted octanol–water partition coefficient (Wildman–Crippen LogP) is 19.6. The summed E-state index contributed by atoms with van der Waals surface area (Å²) in [6, 6.07) is 0. The standard InChI is InChI=1S/C62H110O6/c1-4-7-10-13-16-19-22-25-28-30-32-34-37-40-43-46-49-52-55-61(64)67-58-59(57-66-60(63)54-51-48-45-42-39-36-27-24-21-18-15-12-9-6-3)68-62(65)56-53-50-47-44-41-38-35-33-31-29-26-23-20-17-14-11-8-5-2/h9,12,18,21,28,30,32-35,59H,4-8,10-11,13-17,19-20,22-27,29,31,36-58H2,1-3H3/b12-9-,21-18-,30-28-,34-32-,35-33-. The molecule has 0 aromatic heterocycles. The molecule has 68 heavy (non-hydrogen) atoms. The van der Waals surface area contributed by atoms with E-state index in [0.717, 1.165) is 109 Å². The highest BCUT2D eigenvalue weighted by Crippen LogP contribution is 2.15. The molecule has 0 bridgehead atoms. The van der Waals surface area contributed by atoms with Gasteiger partial charge in [0.15, 0.2) is 6.10 Å².